The second-order valence-electron chi connectivity index (χ2n) is 5.48. The Morgan fingerprint density at radius 1 is 1.29 bits per heavy atom. The molecule has 1 heterocycles. The number of hydrogen-bond acceptors (Lipinski definition) is 3. The number of likely N-dealkylation sites (tertiary alicyclic amines) is 1. The molecular weight excluding hydrogens is 277 g/mol. The first-order chi connectivity index (χ1) is 9.88. The van der Waals surface area contributed by atoms with Crippen LogP contribution in [0.15, 0.2) is 18.2 Å². The Morgan fingerprint density at radius 2 is 1.95 bits per heavy atom. The van der Waals surface area contributed by atoms with Crippen LogP contribution in [0, 0.1) is 24.6 Å². The molecule has 0 aromatic heterocycles. The van der Waals surface area contributed by atoms with Gasteiger partial charge in [-0.2, -0.15) is 0 Å². The van der Waals surface area contributed by atoms with E-state index >= 15 is 0 Å². The van der Waals surface area contributed by atoms with Gasteiger partial charge in [-0.15, -0.1) is 0 Å². The van der Waals surface area contributed by atoms with Gasteiger partial charge < -0.3 is 10.2 Å². The Balaban J connectivity index is 2.09. The van der Waals surface area contributed by atoms with Gasteiger partial charge in [-0.3, -0.25) is 14.5 Å². The fraction of sp³-hybridized carbons (Fsp3) is 0.467. The summed E-state index contributed by atoms with van der Waals surface area (Å²) in [5, 5.41) is 18.3. The molecule has 0 aliphatic carbocycles. The van der Waals surface area contributed by atoms with Gasteiger partial charge in [0.1, 0.15) is 5.82 Å². The maximum atomic E-state index is 13.1. The van der Waals surface area contributed by atoms with E-state index in [4.69, 9.17) is 5.11 Å². The summed E-state index contributed by atoms with van der Waals surface area (Å²) >= 11 is 0. The molecule has 1 aromatic rings. The zero-order chi connectivity index (χ0) is 15.6. The van der Waals surface area contributed by atoms with Gasteiger partial charge >= 0.3 is 11.9 Å². The zero-order valence-corrected chi connectivity index (χ0v) is 11.8. The van der Waals surface area contributed by atoms with Crippen molar-refractivity contribution in [3.05, 3.63) is 35.1 Å². The van der Waals surface area contributed by atoms with Crippen LogP contribution in [0.3, 0.4) is 0 Å². The first-order valence-corrected chi connectivity index (χ1v) is 6.81. The van der Waals surface area contributed by atoms with Crippen LogP contribution in [-0.4, -0.2) is 40.1 Å². The minimum Gasteiger partial charge on any atom is -0.481 e. The molecule has 1 fully saturated rings. The summed E-state index contributed by atoms with van der Waals surface area (Å²) in [5.74, 6) is -4.18. The van der Waals surface area contributed by atoms with E-state index in [1.165, 1.54) is 12.1 Å². The van der Waals surface area contributed by atoms with Gasteiger partial charge in [0, 0.05) is 13.1 Å². The third-order valence-electron chi connectivity index (χ3n) is 4.03. The Hall–Kier alpha value is -1.95. The van der Waals surface area contributed by atoms with Gasteiger partial charge in [-0.05, 0) is 43.1 Å². The number of piperidine rings is 1. The van der Waals surface area contributed by atoms with Crippen molar-refractivity contribution in [2.75, 3.05) is 13.1 Å². The molecule has 2 N–H and O–H groups in total. The van der Waals surface area contributed by atoms with Crippen LogP contribution in [0.2, 0.25) is 0 Å². The molecule has 5 nitrogen and oxygen atoms in total. The highest BCUT2D eigenvalue weighted by atomic mass is 19.1. The molecule has 0 saturated carbocycles. The first-order valence-electron chi connectivity index (χ1n) is 6.81. The maximum Gasteiger partial charge on any atom is 0.308 e. The van der Waals surface area contributed by atoms with E-state index in [-0.39, 0.29) is 12.4 Å². The van der Waals surface area contributed by atoms with Gasteiger partial charge in [-0.25, -0.2) is 4.39 Å². The molecule has 114 valence electrons. The van der Waals surface area contributed by atoms with Gasteiger partial charge in [0.05, 0.1) is 11.8 Å². The first kappa shape index (κ1) is 15.4. The molecular formula is C15H18FNO4. The van der Waals surface area contributed by atoms with E-state index < -0.39 is 23.8 Å². The minimum atomic E-state index is -1.08. The second kappa shape index (κ2) is 6.22. The molecule has 0 radical (unpaired) electrons. The number of benzene rings is 1. The van der Waals surface area contributed by atoms with E-state index in [1.54, 1.807) is 13.0 Å². The number of nitrogens with zero attached hydrogens (tertiary/aromatic N) is 1. The van der Waals surface area contributed by atoms with E-state index in [0.717, 1.165) is 11.1 Å². The maximum absolute atomic E-state index is 13.1. The molecule has 2 rings (SSSR count). The number of carbonyl (C=O) groups is 2. The Morgan fingerprint density at radius 3 is 2.52 bits per heavy atom. The average molecular weight is 295 g/mol. The van der Waals surface area contributed by atoms with E-state index in [2.05, 4.69) is 0 Å². The van der Waals surface area contributed by atoms with Gasteiger partial charge in [-0.1, -0.05) is 6.07 Å². The Kier molecular flexibility index (Phi) is 4.57. The Bertz CT molecular complexity index is 561. The highest BCUT2D eigenvalue weighted by molar-refractivity contribution is 5.80. The van der Waals surface area contributed by atoms with Crippen LogP contribution in [0.1, 0.15) is 17.5 Å². The zero-order valence-electron chi connectivity index (χ0n) is 11.8. The summed E-state index contributed by atoms with van der Waals surface area (Å²) in [5.41, 5.74) is 1.73. The standard InChI is InChI=1S/C15H18FNO4/c1-9-6-11(16)3-2-10(9)7-17-5-4-12(14(18)19)13(8-17)15(20)21/h2-3,6,12-13H,4-5,7-8H2,1H3,(H,18,19)(H,20,21). The Labute approximate surface area is 122 Å². The molecule has 6 heteroatoms. The third-order valence-corrected chi connectivity index (χ3v) is 4.03. The second-order valence-corrected chi connectivity index (χ2v) is 5.48. The summed E-state index contributed by atoms with van der Waals surface area (Å²) in [6.45, 7) is 3.03. The molecule has 1 aliphatic heterocycles. The summed E-state index contributed by atoms with van der Waals surface area (Å²) in [6.07, 6.45) is 0.312. The van der Waals surface area contributed by atoms with Crippen molar-refractivity contribution < 1.29 is 24.2 Å². The number of rotatable bonds is 4. The van der Waals surface area contributed by atoms with Crippen molar-refractivity contribution >= 4 is 11.9 Å². The van der Waals surface area contributed by atoms with Crippen molar-refractivity contribution in [2.24, 2.45) is 11.8 Å². The molecule has 2 atom stereocenters. The SMILES string of the molecule is Cc1cc(F)ccc1CN1CCC(C(=O)O)C(C(=O)O)C1. The lowest BCUT2D eigenvalue weighted by Gasteiger charge is -2.34. The normalized spacial score (nSPS) is 23.0. The minimum absolute atomic E-state index is 0.198. The number of carboxylic acid groups (broad SMARTS) is 2. The van der Waals surface area contributed by atoms with Crippen LogP contribution < -0.4 is 0 Å². The van der Waals surface area contributed by atoms with Gasteiger partial charge in [0.15, 0.2) is 0 Å². The van der Waals surface area contributed by atoms with Crippen LogP contribution in [-0.2, 0) is 16.1 Å². The topological polar surface area (TPSA) is 77.8 Å². The largest absolute Gasteiger partial charge is 0.481 e. The van der Waals surface area contributed by atoms with Gasteiger partial charge in [0.25, 0.3) is 0 Å². The highest BCUT2D eigenvalue weighted by Gasteiger charge is 2.38. The summed E-state index contributed by atoms with van der Waals surface area (Å²) < 4.78 is 13.1. The van der Waals surface area contributed by atoms with E-state index in [9.17, 15) is 19.1 Å². The molecule has 0 bridgehead atoms. The predicted molar refractivity (Wildman–Crippen MR) is 73.3 cm³/mol. The van der Waals surface area contributed by atoms with E-state index in [0.29, 0.717) is 19.5 Å². The number of aliphatic carboxylic acids is 2. The quantitative estimate of drug-likeness (QED) is 0.884. The number of carboxylic acids is 2. The van der Waals surface area contributed by atoms with Crippen molar-refractivity contribution in [3.63, 3.8) is 0 Å². The number of hydrogen-bond donors (Lipinski definition) is 2. The summed E-state index contributed by atoms with van der Waals surface area (Å²) in [7, 11) is 0. The van der Waals surface area contributed by atoms with Crippen molar-refractivity contribution in [3.8, 4) is 0 Å². The molecule has 0 spiro atoms. The lowest BCUT2D eigenvalue weighted by molar-refractivity contribution is -0.157. The van der Waals surface area contributed by atoms with Crippen molar-refractivity contribution in [1.29, 1.82) is 0 Å². The molecule has 21 heavy (non-hydrogen) atoms. The number of aryl methyl sites for hydroxylation is 1. The average Bonchev–Trinajstić information content (AvgIpc) is 2.41. The van der Waals surface area contributed by atoms with Crippen LogP contribution in [0.4, 0.5) is 4.39 Å². The fourth-order valence-electron chi connectivity index (χ4n) is 2.79. The lowest BCUT2D eigenvalue weighted by Crippen LogP contribution is -2.46. The van der Waals surface area contributed by atoms with Crippen molar-refractivity contribution in [1.82, 2.24) is 4.90 Å². The lowest BCUT2D eigenvalue weighted by atomic mass is 9.85. The molecule has 2 unspecified atom stereocenters. The monoisotopic (exact) mass is 295 g/mol. The predicted octanol–water partition coefficient (Wildman–Crippen LogP) is 1.74. The fourth-order valence-corrected chi connectivity index (χ4v) is 2.79. The smallest absolute Gasteiger partial charge is 0.308 e. The molecule has 1 aromatic carbocycles. The summed E-state index contributed by atoms with van der Waals surface area (Å²) in [6, 6.07) is 4.50. The van der Waals surface area contributed by atoms with Crippen molar-refractivity contribution in [2.45, 2.75) is 19.9 Å². The van der Waals surface area contributed by atoms with E-state index in [1.807, 2.05) is 4.90 Å². The molecule has 1 aliphatic rings. The van der Waals surface area contributed by atoms with Crippen LogP contribution in [0.25, 0.3) is 0 Å². The third kappa shape index (κ3) is 3.58. The molecule has 1 saturated heterocycles. The van der Waals surface area contributed by atoms with Gasteiger partial charge in [0.2, 0.25) is 0 Å². The molecule has 0 amide bonds. The van der Waals surface area contributed by atoms with Crippen LogP contribution >= 0.6 is 0 Å². The summed E-state index contributed by atoms with van der Waals surface area (Å²) in [4.78, 5) is 24.3. The highest BCUT2D eigenvalue weighted by Crippen LogP contribution is 2.26. The number of halogens is 1. The van der Waals surface area contributed by atoms with Crippen LogP contribution in [0.5, 0.6) is 0 Å².